The maximum Gasteiger partial charge on any atom is 0.310 e. The lowest BCUT2D eigenvalue weighted by atomic mass is 9.97. The van der Waals surface area contributed by atoms with Gasteiger partial charge in [0.05, 0.1) is 12.5 Å². The van der Waals surface area contributed by atoms with Gasteiger partial charge in [0.1, 0.15) is 0 Å². The fourth-order valence-electron chi connectivity index (χ4n) is 2.71. The molecule has 1 fully saturated rings. The molecule has 0 saturated carbocycles. The van der Waals surface area contributed by atoms with Gasteiger partial charge in [0.25, 0.3) is 5.91 Å². The van der Waals surface area contributed by atoms with Gasteiger partial charge in [0.2, 0.25) is 0 Å². The lowest BCUT2D eigenvalue weighted by Crippen LogP contribution is -2.42. The first-order valence-corrected chi connectivity index (χ1v) is 9.09. The van der Waals surface area contributed by atoms with Gasteiger partial charge in [0.15, 0.2) is 0 Å². The first kappa shape index (κ1) is 16.9. The lowest BCUT2D eigenvalue weighted by Gasteiger charge is -2.31. The summed E-state index contributed by atoms with van der Waals surface area (Å²) in [6, 6.07) is 7.75. The van der Waals surface area contributed by atoms with Crippen molar-refractivity contribution in [3.63, 3.8) is 0 Å². The van der Waals surface area contributed by atoms with E-state index in [2.05, 4.69) is 6.26 Å². The Labute approximate surface area is 136 Å². The highest BCUT2D eigenvalue weighted by Gasteiger charge is 2.29. The first-order chi connectivity index (χ1) is 10.7. The SMILES string of the molecule is CCOC(=O)[C@@H]1CCCN(C(=O)c2ccc(CSC)cc2)C1. The van der Waals surface area contributed by atoms with Crippen molar-refractivity contribution in [1.29, 1.82) is 0 Å². The van der Waals surface area contributed by atoms with Crippen molar-refractivity contribution in [3.8, 4) is 0 Å². The van der Waals surface area contributed by atoms with Crippen LogP contribution in [0.15, 0.2) is 24.3 Å². The van der Waals surface area contributed by atoms with Crippen molar-refractivity contribution in [2.75, 3.05) is 26.0 Å². The Hall–Kier alpha value is -1.49. The summed E-state index contributed by atoms with van der Waals surface area (Å²) in [7, 11) is 0. The van der Waals surface area contributed by atoms with Crippen LogP contribution in [0, 0.1) is 5.92 Å². The number of piperidine rings is 1. The predicted octanol–water partition coefficient (Wildman–Crippen LogP) is 2.96. The Kier molecular flexibility index (Phi) is 6.31. The van der Waals surface area contributed by atoms with Gasteiger partial charge in [-0.2, -0.15) is 11.8 Å². The molecule has 0 spiro atoms. The van der Waals surface area contributed by atoms with E-state index in [4.69, 9.17) is 4.74 Å². The van der Waals surface area contributed by atoms with Gasteiger partial charge in [-0.1, -0.05) is 12.1 Å². The van der Waals surface area contributed by atoms with Crippen molar-refractivity contribution in [2.24, 2.45) is 5.92 Å². The first-order valence-electron chi connectivity index (χ1n) is 7.69. The number of carbonyl (C=O) groups is 2. The van der Waals surface area contributed by atoms with Crippen molar-refractivity contribution >= 4 is 23.6 Å². The Balaban J connectivity index is 2.00. The number of carbonyl (C=O) groups excluding carboxylic acids is 2. The number of thioether (sulfide) groups is 1. The largest absolute Gasteiger partial charge is 0.466 e. The van der Waals surface area contributed by atoms with Crippen molar-refractivity contribution in [3.05, 3.63) is 35.4 Å². The van der Waals surface area contributed by atoms with Crippen LogP contribution < -0.4 is 0 Å². The highest BCUT2D eigenvalue weighted by Crippen LogP contribution is 2.20. The fourth-order valence-corrected chi connectivity index (χ4v) is 3.23. The Morgan fingerprint density at radius 3 is 2.68 bits per heavy atom. The molecule has 0 aromatic heterocycles. The van der Waals surface area contributed by atoms with Crippen LogP contribution in [0.5, 0.6) is 0 Å². The number of esters is 1. The highest BCUT2D eigenvalue weighted by molar-refractivity contribution is 7.97. The second-order valence-corrected chi connectivity index (χ2v) is 6.34. The molecule has 22 heavy (non-hydrogen) atoms. The van der Waals surface area contributed by atoms with Gasteiger partial charge in [-0.15, -0.1) is 0 Å². The summed E-state index contributed by atoms with van der Waals surface area (Å²) in [5.41, 5.74) is 1.90. The quantitative estimate of drug-likeness (QED) is 0.782. The molecule has 2 rings (SSSR count). The van der Waals surface area contributed by atoms with Gasteiger partial charge in [-0.3, -0.25) is 9.59 Å². The molecule has 1 aliphatic rings. The molecule has 1 saturated heterocycles. The zero-order valence-electron chi connectivity index (χ0n) is 13.2. The average Bonchev–Trinajstić information content (AvgIpc) is 2.55. The second-order valence-electron chi connectivity index (χ2n) is 5.47. The summed E-state index contributed by atoms with van der Waals surface area (Å²) in [5.74, 6) is 0.580. The molecule has 0 N–H and O–H groups in total. The third-order valence-corrected chi connectivity index (χ3v) is 4.46. The second kappa shape index (κ2) is 8.22. The number of likely N-dealkylation sites (tertiary alicyclic amines) is 1. The van der Waals surface area contributed by atoms with Crippen LogP contribution in [0.2, 0.25) is 0 Å². The zero-order valence-corrected chi connectivity index (χ0v) is 14.0. The van der Waals surface area contributed by atoms with Crippen molar-refractivity contribution in [1.82, 2.24) is 4.90 Å². The van der Waals surface area contributed by atoms with E-state index in [1.165, 1.54) is 5.56 Å². The minimum atomic E-state index is -0.187. The smallest absolute Gasteiger partial charge is 0.310 e. The number of benzene rings is 1. The van der Waals surface area contributed by atoms with E-state index < -0.39 is 0 Å². The molecule has 1 atom stereocenters. The van der Waals surface area contributed by atoms with Crippen molar-refractivity contribution in [2.45, 2.75) is 25.5 Å². The van der Waals surface area contributed by atoms with E-state index in [0.717, 1.165) is 18.6 Å². The topological polar surface area (TPSA) is 46.6 Å². The minimum Gasteiger partial charge on any atom is -0.466 e. The number of amides is 1. The minimum absolute atomic E-state index is 0.00435. The van der Waals surface area contributed by atoms with Crippen LogP contribution in [0.3, 0.4) is 0 Å². The maximum absolute atomic E-state index is 12.6. The van der Waals surface area contributed by atoms with E-state index in [9.17, 15) is 9.59 Å². The van der Waals surface area contributed by atoms with Gasteiger partial charge in [0, 0.05) is 24.4 Å². The highest BCUT2D eigenvalue weighted by atomic mass is 32.2. The average molecular weight is 321 g/mol. The molecule has 5 heteroatoms. The van der Waals surface area contributed by atoms with Gasteiger partial charge in [-0.25, -0.2) is 0 Å². The molecule has 1 amide bonds. The van der Waals surface area contributed by atoms with E-state index in [-0.39, 0.29) is 17.8 Å². The number of rotatable bonds is 5. The Morgan fingerprint density at radius 2 is 2.05 bits per heavy atom. The molecule has 1 aliphatic heterocycles. The number of hydrogen-bond acceptors (Lipinski definition) is 4. The van der Waals surface area contributed by atoms with Crippen LogP contribution >= 0.6 is 11.8 Å². The summed E-state index contributed by atoms with van der Waals surface area (Å²) in [6.45, 7) is 3.37. The molecular formula is C17H23NO3S. The Bertz CT molecular complexity index is 515. The summed E-state index contributed by atoms with van der Waals surface area (Å²) in [5, 5.41) is 0. The molecule has 1 heterocycles. The molecule has 1 aromatic rings. The molecule has 0 bridgehead atoms. The molecule has 120 valence electrons. The third-order valence-electron chi connectivity index (χ3n) is 3.84. The molecule has 4 nitrogen and oxygen atoms in total. The number of ether oxygens (including phenoxy) is 1. The van der Waals surface area contributed by atoms with Gasteiger partial charge in [-0.05, 0) is 43.7 Å². The van der Waals surface area contributed by atoms with E-state index in [1.54, 1.807) is 23.6 Å². The van der Waals surface area contributed by atoms with E-state index in [1.807, 2.05) is 24.3 Å². The lowest BCUT2D eigenvalue weighted by molar-refractivity contribution is -0.149. The maximum atomic E-state index is 12.6. The molecule has 0 radical (unpaired) electrons. The van der Waals surface area contributed by atoms with Gasteiger partial charge >= 0.3 is 5.97 Å². The predicted molar refractivity (Wildman–Crippen MR) is 88.9 cm³/mol. The summed E-state index contributed by atoms with van der Waals surface area (Å²) < 4.78 is 5.08. The van der Waals surface area contributed by atoms with Crippen LogP contribution in [-0.2, 0) is 15.3 Å². The van der Waals surface area contributed by atoms with Crippen molar-refractivity contribution < 1.29 is 14.3 Å². The third kappa shape index (κ3) is 4.26. The zero-order chi connectivity index (χ0) is 15.9. The summed E-state index contributed by atoms with van der Waals surface area (Å²) in [6.07, 6.45) is 3.71. The van der Waals surface area contributed by atoms with E-state index in [0.29, 0.717) is 25.3 Å². The number of nitrogens with zero attached hydrogens (tertiary/aromatic N) is 1. The van der Waals surface area contributed by atoms with Crippen LogP contribution in [0.25, 0.3) is 0 Å². The summed E-state index contributed by atoms with van der Waals surface area (Å²) >= 11 is 1.76. The van der Waals surface area contributed by atoms with E-state index >= 15 is 0 Å². The molecular weight excluding hydrogens is 298 g/mol. The number of hydrogen-bond donors (Lipinski definition) is 0. The molecule has 0 unspecified atom stereocenters. The fraction of sp³-hybridized carbons (Fsp3) is 0.529. The van der Waals surface area contributed by atoms with Crippen LogP contribution in [0.4, 0.5) is 0 Å². The summed E-state index contributed by atoms with van der Waals surface area (Å²) in [4.78, 5) is 26.2. The molecule has 0 aliphatic carbocycles. The molecule has 1 aromatic carbocycles. The Morgan fingerprint density at radius 1 is 1.32 bits per heavy atom. The van der Waals surface area contributed by atoms with Crippen LogP contribution in [-0.4, -0.2) is 42.7 Å². The monoisotopic (exact) mass is 321 g/mol. The van der Waals surface area contributed by atoms with Crippen LogP contribution in [0.1, 0.15) is 35.7 Å². The van der Waals surface area contributed by atoms with Gasteiger partial charge < -0.3 is 9.64 Å². The standard InChI is InChI=1S/C17H23NO3S/c1-3-21-17(20)15-5-4-10-18(11-15)16(19)14-8-6-13(7-9-14)12-22-2/h6-9,15H,3-5,10-12H2,1-2H3/t15-/m1/s1. The normalized spacial score (nSPS) is 18.1.